The van der Waals surface area contributed by atoms with E-state index in [4.69, 9.17) is 0 Å². The minimum Gasteiger partial charge on any atom is -0.294 e. The van der Waals surface area contributed by atoms with E-state index in [1.807, 2.05) is 0 Å². The van der Waals surface area contributed by atoms with Crippen molar-refractivity contribution in [2.45, 2.75) is 51.7 Å². The molecule has 0 radical (unpaired) electrons. The molecule has 0 saturated heterocycles. The van der Waals surface area contributed by atoms with Crippen molar-refractivity contribution in [3.63, 3.8) is 0 Å². The molecule has 1 aliphatic rings. The lowest BCUT2D eigenvalue weighted by molar-refractivity contribution is 0.267. The van der Waals surface area contributed by atoms with Crippen LogP contribution in [0.1, 0.15) is 44.8 Å². The van der Waals surface area contributed by atoms with E-state index >= 15 is 0 Å². The summed E-state index contributed by atoms with van der Waals surface area (Å²) < 4.78 is 2.09. The number of nitrogens with zero attached hydrogens (tertiary/aromatic N) is 3. The molecule has 1 saturated carbocycles. The molecular formula is C13H22BrN3. The van der Waals surface area contributed by atoms with Crippen LogP contribution >= 0.6 is 15.9 Å². The Hall–Kier alpha value is -0.350. The standard InChI is InChI=1S/C13H22BrN3/c1-3-11(2)17-8-6-12(15-17)10-16(9-7-14)13-4-5-13/h6,8,11,13H,3-5,7,9-10H2,1-2H3. The quantitative estimate of drug-likeness (QED) is 0.721. The molecule has 0 N–H and O–H groups in total. The van der Waals surface area contributed by atoms with Gasteiger partial charge in [-0.1, -0.05) is 22.9 Å². The van der Waals surface area contributed by atoms with Gasteiger partial charge in [0.15, 0.2) is 0 Å². The second kappa shape index (κ2) is 6.01. The molecule has 1 unspecified atom stereocenters. The van der Waals surface area contributed by atoms with Crippen LogP contribution in [0.25, 0.3) is 0 Å². The minimum atomic E-state index is 0.509. The van der Waals surface area contributed by atoms with Crippen LogP contribution < -0.4 is 0 Å². The summed E-state index contributed by atoms with van der Waals surface area (Å²) >= 11 is 3.53. The summed E-state index contributed by atoms with van der Waals surface area (Å²) in [6, 6.07) is 3.48. The fraction of sp³-hybridized carbons (Fsp3) is 0.769. The molecule has 0 amide bonds. The van der Waals surface area contributed by atoms with E-state index in [-0.39, 0.29) is 0 Å². The van der Waals surface area contributed by atoms with Gasteiger partial charge in [0.05, 0.1) is 5.69 Å². The molecule has 1 aromatic heterocycles. The van der Waals surface area contributed by atoms with Crippen LogP contribution in [0.15, 0.2) is 12.3 Å². The number of hydrogen-bond acceptors (Lipinski definition) is 2. The van der Waals surface area contributed by atoms with Gasteiger partial charge in [-0.2, -0.15) is 5.10 Å². The highest BCUT2D eigenvalue weighted by atomic mass is 79.9. The Morgan fingerprint density at radius 2 is 2.35 bits per heavy atom. The van der Waals surface area contributed by atoms with Gasteiger partial charge in [-0.25, -0.2) is 0 Å². The summed E-state index contributed by atoms with van der Waals surface area (Å²) in [5, 5.41) is 5.72. The maximum Gasteiger partial charge on any atom is 0.0765 e. The van der Waals surface area contributed by atoms with Crippen LogP contribution in [0.5, 0.6) is 0 Å². The third-order valence-electron chi connectivity index (χ3n) is 3.51. The first-order valence-electron chi connectivity index (χ1n) is 6.58. The van der Waals surface area contributed by atoms with Gasteiger partial charge >= 0.3 is 0 Å². The highest BCUT2D eigenvalue weighted by Crippen LogP contribution is 2.28. The Labute approximate surface area is 112 Å². The van der Waals surface area contributed by atoms with Crippen LogP contribution in [-0.4, -0.2) is 32.6 Å². The van der Waals surface area contributed by atoms with Crippen molar-refractivity contribution in [2.75, 3.05) is 11.9 Å². The maximum absolute atomic E-state index is 4.67. The van der Waals surface area contributed by atoms with Crippen molar-refractivity contribution in [1.82, 2.24) is 14.7 Å². The molecule has 0 bridgehead atoms. The first kappa shape index (κ1) is 13.1. The Morgan fingerprint density at radius 1 is 1.59 bits per heavy atom. The van der Waals surface area contributed by atoms with Crippen molar-refractivity contribution in [1.29, 1.82) is 0 Å². The molecule has 1 aromatic rings. The average molecular weight is 300 g/mol. The molecule has 96 valence electrons. The number of aromatic nitrogens is 2. The minimum absolute atomic E-state index is 0.509. The molecule has 1 heterocycles. The number of rotatable bonds is 7. The Bertz CT molecular complexity index is 346. The highest BCUT2D eigenvalue weighted by Gasteiger charge is 2.28. The van der Waals surface area contributed by atoms with E-state index in [0.29, 0.717) is 6.04 Å². The third kappa shape index (κ3) is 3.55. The molecule has 0 aliphatic heterocycles. The fourth-order valence-corrected chi connectivity index (χ4v) is 2.50. The molecule has 0 spiro atoms. The van der Waals surface area contributed by atoms with Gasteiger partial charge < -0.3 is 0 Å². The summed E-state index contributed by atoms with van der Waals surface area (Å²) in [6.45, 7) is 6.54. The molecule has 1 aliphatic carbocycles. The third-order valence-corrected chi connectivity index (χ3v) is 3.86. The lowest BCUT2D eigenvalue weighted by Crippen LogP contribution is -2.27. The van der Waals surface area contributed by atoms with Crippen molar-refractivity contribution >= 4 is 15.9 Å². The highest BCUT2D eigenvalue weighted by molar-refractivity contribution is 9.09. The van der Waals surface area contributed by atoms with Crippen LogP contribution in [0, 0.1) is 0 Å². The molecule has 2 rings (SSSR count). The van der Waals surface area contributed by atoms with Gasteiger partial charge in [0.25, 0.3) is 0 Å². The van der Waals surface area contributed by atoms with Crippen LogP contribution in [-0.2, 0) is 6.54 Å². The molecule has 0 aromatic carbocycles. The van der Waals surface area contributed by atoms with Gasteiger partial charge in [-0.3, -0.25) is 9.58 Å². The van der Waals surface area contributed by atoms with Gasteiger partial charge in [-0.05, 0) is 32.3 Å². The summed E-state index contributed by atoms with van der Waals surface area (Å²) in [7, 11) is 0. The van der Waals surface area contributed by atoms with Crippen LogP contribution in [0.4, 0.5) is 0 Å². The Balaban J connectivity index is 1.94. The van der Waals surface area contributed by atoms with Gasteiger partial charge in [0.2, 0.25) is 0 Å². The SMILES string of the molecule is CCC(C)n1ccc(CN(CCBr)C2CC2)n1. The van der Waals surface area contributed by atoms with Crippen molar-refractivity contribution < 1.29 is 0 Å². The van der Waals surface area contributed by atoms with Gasteiger partial charge in [0.1, 0.15) is 0 Å². The summed E-state index contributed by atoms with van der Waals surface area (Å²) in [4.78, 5) is 2.54. The Morgan fingerprint density at radius 3 is 2.94 bits per heavy atom. The second-order valence-corrected chi connectivity index (χ2v) is 5.73. The molecule has 1 atom stereocenters. The molecule has 1 fully saturated rings. The zero-order valence-electron chi connectivity index (χ0n) is 10.8. The largest absolute Gasteiger partial charge is 0.294 e. The average Bonchev–Trinajstić information content (AvgIpc) is 3.08. The number of halogens is 1. The van der Waals surface area contributed by atoms with Crippen molar-refractivity contribution in [2.24, 2.45) is 0 Å². The summed E-state index contributed by atoms with van der Waals surface area (Å²) in [5.74, 6) is 0. The first-order chi connectivity index (χ1) is 8.24. The lowest BCUT2D eigenvalue weighted by atomic mass is 10.3. The molecule has 17 heavy (non-hydrogen) atoms. The monoisotopic (exact) mass is 299 g/mol. The van der Waals surface area contributed by atoms with Gasteiger partial charge in [0, 0.05) is 36.7 Å². The topological polar surface area (TPSA) is 21.1 Å². The van der Waals surface area contributed by atoms with Crippen molar-refractivity contribution in [3.8, 4) is 0 Å². The smallest absolute Gasteiger partial charge is 0.0765 e. The van der Waals surface area contributed by atoms with E-state index < -0.39 is 0 Å². The summed E-state index contributed by atoms with van der Waals surface area (Å²) in [6.07, 6.45) is 5.97. The second-order valence-electron chi connectivity index (χ2n) is 4.93. The van der Waals surface area contributed by atoms with E-state index in [2.05, 4.69) is 56.7 Å². The van der Waals surface area contributed by atoms with E-state index in [1.54, 1.807) is 0 Å². The summed E-state index contributed by atoms with van der Waals surface area (Å²) in [5.41, 5.74) is 1.21. The maximum atomic E-state index is 4.67. The normalized spacial score (nSPS) is 17.6. The Kier molecular flexibility index (Phi) is 4.62. The predicted octanol–water partition coefficient (Wildman–Crippen LogP) is 3.21. The van der Waals surface area contributed by atoms with E-state index in [9.17, 15) is 0 Å². The molecule has 4 heteroatoms. The molecular weight excluding hydrogens is 278 g/mol. The predicted molar refractivity (Wildman–Crippen MR) is 74.5 cm³/mol. The van der Waals surface area contributed by atoms with Crippen LogP contribution in [0.3, 0.4) is 0 Å². The first-order valence-corrected chi connectivity index (χ1v) is 7.70. The van der Waals surface area contributed by atoms with E-state index in [0.717, 1.165) is 30.9 Å². The zero-order valence-corrected chi connectivity index (χ0v) is 12.4. The number of alkyl halides is 1. The van der Waals surface area contributed by atoms with E-state index in [1.165, 1.54) is 18.5 Å². The fourth-order valence-electron chi connectivity index (χ4n) is 2.04. The zero-order chi connectivity index (χ0) is 12.3. The van der Waals surface area contributed by atoms with Crippen LogP contribution in [0.2, 0.25) is 0 Å². The lowest BCUT2D eigenvalue weighted by Gasteiger charge is -2.19. The number of hydrogen-bond donors (Lipinski definition) is 0. The van der Waals surface area contributed by atoms with Gasteiger partial charge in [-0.15, -0.1) is 0 Å². The van der Waals surface area contributed by atoms with Crippen molar-refractivity contribution in [3.05, 3.63) is 18.0 Å². The molecule has 3 nitrogen and oxygen atoms in total.